The van der Waals surface area contributed by atoms with Gasteiger partial charge in [0.2, 0.25) is 5.13 Å². The van der Waals surface area contributed by atoms with E-state index < -0.39 is 0 Å². The van der Waals surface area contributed by atoms with E-state index in [0.717, 1.165) is 60.6 Å². The number of carbonyl (C=O) groups is 2. The van der Waals surface area contributed by atoms with Crippen molar-refractivity contribution in [1.29, 1.82) is 0 Å². The third kappa shape index (κ3) is 5.12. The first-order valence-electron chi connectivity index (χ1n) is 14.5. The van der Waals surface area contributed by atoms with Gasteiger partial charge in [0, 0.05) is 43.0 Å². The van der Waals surface area contributed by atoms with Crippen LogP contribution in [0.1, 0.15) is 71.5 Å². The van der Waals surface area contributed by atoms with Crippen molar-refractivity contribution in [2.24, 2.45) is 22.1 Å². The Kier molecular flexibility index (Phi) is 7.61. The van der Waals surface area contributed by atoms with Crippen molar-refractivity contribution in [2.75, 3.05) is 36.0 Å². The van der Waals surface area contributed by atoms with E-state index in [1.807, 2.05) is 12.1 Å². The van der Waals surface area contributed by atoms with Crippen LogP contribution in [0.5, 0.6) is 0 Å². The fraction of sp³-hybridized carbons (Fsp3) is 0.406. The average molecular weight is 554 g/mol. The fourth-order valence-electron chi connectivity index (χ4n) is 6.42. The number of Topliss-reactive ketones (excluding diaryl/α,β-unsaturated/α-hetero) is 2. The van der Waals surface area contributed by atoms with Crippen molar-refractivity contribution in [3.05, 3.63) is 70.1 Å². The third-order valence-corrected chi connectivity index (χ3v) is 9.50. The second kappa shape index (κ2) is 11.5. The Morgan fingerprint density at radius 1 is 0.925 bits per heavy atom. The molecule has 2 unspecified atom stereocenters. The normalized spacial score (nSPS) is 20.6. The highest BCUT2D eigenvalue weighted by atomic mass is 32.1. The smallest absolute Gasteiger partial charge is 0.232 e. The maximum Gasteiger partial charge on any atom is 0.232 e. The number of carbonyl (C=O) groups excluding carboxylic acids is 2. The van der Waals surface area contributed by atoms with E-state index in [9.17, 15) is 9.59 Å². The number of piperidine rings is 1. The summed E-state index contributed by atoms with van der Waals surface area (Å²) in [5.74, 6) is 1.82. The molecule has 7 nitrogen and oxygen atoms in total. The zero-order valence-corrected chi connectivity index (χ0v) is 24.0. The minimum absolute atomic E-state index is 0.203. The van der Waals surface area contributed by atoms with Crippen molar-refractivity contribution in [3.63, 3.8) is 0 Å². The Bertz CT molecular complexity index is 1430. The molecule has 1 aromatic heterocycles. The molecule has 206 valence electrons. The van der Waals surface area contributed by atoms with Crippen LogP contribution in [0.4, 0.5) is 22.3 Å². The molecule has 0 spiro atoms. The van der Waals surface area contributed by atoms with Gasteiger partial charge in [0.25, 0.3) is 0 Å². The van der Waals surface area contributed by atoms with Gasteiger partial charge >= 0.3 is 0 Å². The van der Waals surface area contributed by atoms with E-state index in [1.165, 1.54) is 37.0 Å². The molecule has 0 radical (unpaired) electrons. The van der Waals surface area contributed by atoms with Crippen LogP contribution in [-0.2, 0) is 0 Å². The SMILES string of the molecule is CCN(CC)c1ccc(N=Nc2nc(N3CCC4CCCCC4C3)c(C=C3C(=O)c4ccccc4C3=O)s2)cc1. The first kappa shape index (κ1) is 26.6. The molecule has 1 saturated carbocycles. The molecule has 2 atom stereocenters. The molecule has 1 aliphatic heterocycles. The number of ketones is 2. The number of hydrogen-bond acceptors (Lipinski definition) is 8. The molecule has 3 aliphatic rings. The Hall–Kier alpha value is -3.65. The van der Waals surface area contributed by atoms with Crippen molar-refractivity contribution in [1.82, 2.24) is 4.98 Å². The summed E-state index contributed by atoms with van der Waals surface area (Å²) in [6.45, 7) is 8.07. The fourth-order valence-corrected chi connectivity index (χ4v) is 7.28. The van der Waals surface area contributed by atoms with Crippen molar-refractivity contribution in [2.45, 2.75) is 46.0 Å². The molecule has 0 N–H and O–H groups in total. The highest BCUT2D eigenvalue weighted by Gasteiger charge is 2.35. The van der Waals surface area contributed by atoms with E-state index in [1.54, 1.807) is 30.3 Å². The first-order chi connectivity index (χ1) is 19.6. The summed E-state index contributed by atoms with van der Waals surface area (Å²) in [5.41, 5.74) is 3.07. The maximum absolute atomic E-state index is 13.2. The zero-order valence-electron chi connectivity index (χ0n) is 23.2. The third-order valence-electron chi connectivity index (χ3n) is 8.62. The molecule has 1 saturated heterocycles. The molecule has 0 amide bonds. The summed E-state index contributed by atoms with van der Waals surface area (Å²) in [5, 5.41) is 9.49. The number of benzene rings is 2. The summed E-state index contributed by atoms with van der Waals surface area (Å²) in [7, 11) is 0. The van der Waals surface area contributed by atoms with Crippen LogP contribution in [0.25, 0.3) is 6.08 Å². The molecule has 2 aliphatic carbocycles. The minimum Gasteiger partial charge on any atom is -0.372 e. The molecule has 3 aromatic rings. The van der Waals surface area contributed by atoms with Crippen molar-refractivity contribution >= 4 is 51.3 Å². The molecule has 6 rings (SSSR count). The maximum atomic E-state index is 13.2. The van der Waals surface area contributed by atoms with Crippen LogP contribution in [0, 0.1) is 11.8 Å². The Morgan fingerprint density at radius 2 is 1.60 bits per heavy atom. The molecule has 2 heterocycles. The Balaban J connectivity index is 1.31. The molecule has 2 aromatic carbocycles. The lowest BCUT2D eigenvalue weighted by atomic mass is 9.75. The van der Waals surface area contributed by atoms with Gasteiger partial charge in [-0.1, -0.05) is 54.9 Å². The van der Waals surface area contributed by atoms with E-state index >= 15 is 0 Å². The van der Waals surface area contributed by atoms with Crippen LogP contribution in [-0.4, -0.2) is 42.7 Å². The van der Waals surface area contributed by atoms with Gasteiger partial charge in [0.05, 0.1) is 16.1 Å². The lowest BCUT2D eigenvalue weighted by molar-refractivity contribution is 0.0990. The predicted octanol–water partition coefficient (Wildman–Crippen LogP) is 7.88. The average Bonchev–Trinajstić information content (AvgIpc) is 3.51. The second-order valence-electron chi connectivity index (χ2n) is 10.9. The van der Waals surface area contributed by atoms with E-state index in [4.69, 9.17) is 4.98 Å². The number of nitrogens with zero attached hydrogens (tertiary/aromatic N) is 5. The Morgan fingerprint density at radius 3 is 2.27 bits per heavy atom. The van der Waals surface area contributed by atoms with Gasteiger partial charge in [-0.3, -0.25) is 9.59 Å². The van der Waals surface area contributed by atoms with Gasteiger partial charge in [-0.25, -0.2) is 0 Å². The van der Waals surface area contributed by atoms with Gasteiger partial charge in [-0.15, -0.1) is 10.2 Å². The van der Waals surface area contributed by atoms with E-state index in [2.05, 4.69) is 46.0 Å². The summed E-state index contributed by atoms with van der Waals surface area (Å²) >= 11 is 1.38. The minimum atomic E-state index is -0.220. The zero-order chi connectivity index (χ0) is 27.6. The standard InChI is InChI=1S/C32H35N5O2S/c1-3-36(4-2)24-15-13-23(14-16-24)34-35-32-33-31(37-18-17-21-9-5-6-10-22(21)20-37)28(40-32)19-27-29(38)25-11-7-8-12-26(25)30(27)39/h7-8,11-16,19,21-22H,3-6,9-10,17-18,20H2,1-2H3. The highest BCUT2D eigenvalue weighted by Crippen LogP contribution is 2.42. The van der Waals surface area contributed by atoms with Crippen molar-refractivity contribution in [3.8, 4) is 0 Å². The lowest BCUT2D eigenvalue weighted by Crippen LogP contribution is -2.42. The number of fused-ring (bicyclic) bond motifs is 2. The van der Waals surface area contributed by atoms with Crippen LogP contribution in [0.2, 0.25) is 0 Å². The number of aromatic nitrogens is 1. The van der Waals surface area contributed by atoms with E-state index in [-0.39, 0.29) is 17.1 Å². The van der Waals surface area contributed by atoms with Gasteiger partial charge in [-0.05, 0) is 68.9 Å². The largest absolute Gasteiger partial charge is 0.372 e. The summed E-state index contributed by atoms with van der Waals surface area (Å²) in [6, 6.07) is 15.1. The van der Waals surface area contributed by atoms with Gasteiger partial charge in [0.15, 0.2) is 11.6 Å². The summed E-state index contributed by atoms with van der Waals surface area (Å²) in [4.78, 5) is 36.6. The predicted molar refractivity (Wildman–Crippen MR) is 162 cm³/mol. The number of azo groups is 1. The molecule has 2 fully saturated rings. The summed E-state index contributed by atoms with van der Waals surface area (Å²) < 4.78 is 0. The van der Waals surface area contributed by atoms with Crippen LogP contribution < -0.4 is 9.80 Å². The highest BCUT2D eigenvalue weighted by molar-refractivity contribution is 7.16. The number of thiazole rings is 1. The van der Waals surface area contributed by atoms with Crippen LogP contribution in [0.15, 0.2) is 64.3 Å². The van der Waals surface area contributed by atoms with E-state index in [0.29, 0.717) is 22.2 Å². The number of anilines is 2. The molecule has 0 bridgehead atoms. The number of hydrogen-bond donors (Lipinski definition) is 0. The molecular formula is C32H35N5O2S. The number of allylic oxidation sites excluding steroid dienone is 1. The Labute approximate surface area is 239 Å². The second-order valence-corrected chi connectivity index (χ2v) is 11.9. The van der Waals surface area contributed by atoms with Gasteiger partial charge < -0.3 is 9.80 Å². The van der Waals surface area contributed by atoms with Gasteiger partial charge in [0.1, 0.15) is 5.82 Å². The quantitative estimate of drug-likeness (QED) is 0.169. The van der Waals surface area contributed by atoms with Crippen molar-refractivity contribution < 1.29 is 9.59 Å². The lowest BCUT2D eigenvalue weighted by Gasteiger charge is -2.41. The number of rotatable bonds is 7. The molecule has 40 heavy (non-hydrogen) atoms. The molecule has 8 heteroatoms. The summed E-state index contributed by atoms with van der Waals surface area (Å²) in [6.07, 6.45) is 8.08. The van der Waals surface area contributed by atoms with Crippen LogP contribution >= 0.6 is 11.3 Å². The molecular weight excluding hydrogens is 518 g/mol. The first-order valence-corrected chi connectivity index (χ1v) is 15.3. The van der Waals surface area contributed by atoms with Crippen LogP contribution in [0.3, 0.4) is 0 Å². The van der Waals surface area contributed by atoms with Gasteiger partial charge in [-0.2, -0.15) is 4.98 Å². The monoisotopic (exact) mass is 553 g/mol. The topological polar surface area (TPSA) is 78.2 Å².